The lowest BCUT2D eigenvalue weighted by Gasteiger charge is -2.15. The molecular formula is C22H19ClN2O3S. The number of fused-ring (bicyclic) bond motifs is 1. The van der Waals surface area contributed by atoms with Crippen molar-refractivity contribution in [2.24, 2.45) is 0 Å². The molecule has 0 heterocycles. The fourth-order valence-corrected chi connectivity index (χ4v) is 5.10. The number of carbonyl (C=O) groups is 1. The maximum Gasteiger partial charge on any atom is 0.263 e. The molecule has 148 valence electrons. The molecule has 0 aliphatic heterocycles. The Kier molecular flexibility index (Phi) is 5.30. The minimum absolute atomic E-state index is 0.0520. The summed E-state index contributed by atoms with van der Waals surface area (Å²) in [6.45, 7) is 0. The van der Waals surface area contributed by atoms with E-state index in [0.717, 1.165) is 18.4 Å². The smallest absolute Gasteiger partial charge is 0.263 e. The summed E-state index contributed by atoms with van der Waals surface area (Å²) in [6.07, 6.45) is 1.72. The monoisotopic (exact) mass is 426 g/mol. The molecule has 0 bridgehead atoms. The molecule has 0 radical (unpaired) electrons. The predicted octanol–water partition coefficient (Wildman–Crippen LogP) is 4.56. The number of para-hydroxylation sites is 1. The Morgan fingerprint density at radius 1 is 0.966 bits per heavy atom. The van der Waals surface area contributed by atoms with E-state index in [0.29, 0.717) is 5.69 Å². The van der Waals surface area contributed by atoms with Gasteiger partial charge < -0.3 is 5.32 Å². The third-order valence-corrected chi connectivity index (χ3v) is 6.81. The highest BCUT2D eigenvalue weighted by atomic mass is 35.5. The van der Waals surface area contributed by atoms with Crippen molar-refractivity contribution in [3.05, 3.63) is 94.5 Å². The van der Waals surface area contributed by atoms with E-state index >= 15 is 0 Å². The van der Waals surface area contributed by atoms with Crippen LogP contribution in [0.2, 0.25) is 5.02 Å². The van der Waals surface area contributed by atoms with Crippen LogP contribution >= 0.6 is 11.6 Å². The van der Waals surface area contributed by atoms with Gasteiger partial charge in [-0.3, -0.25) is 9.52 Å². The fourth-order valence-electron chi connectivity index (χ4n) is 3.52. The van der Waals surface area contributed by atoms with Crippen molar-refractivity contribution in [2.75, 3.05) is 4.72 Å². The number of carbonyl (C=O) groups excluding carboxylic acids is 1. The molecule has 5 nitrogen and oxygen atoms in total. The second kappa shape index (κ2) is 7.89. The zero-order valence-corrected chi connectivity index (χ0v) is 17.0. The van der Waals surface area contributed by atoms with Crippen LogP contribution in [-0.4, -0.2) is 14.3 Å². The highest BCUT2D eigenvalue weighted by Crippen LogP contribution is 2.31. The van der Waals surface area contributed by atoms with E-state index in [-0.39, 0.29) is 27.4 Å². The average Bonchev–Trinajstić information content (AvgIpc) is 3.11. The molecule has 0 fully saturated rings. The van der Waals surface area contributed by atoms with Gasteiger partial charge >= 0.3 is 0 Å². The van der Waals surface area contributed by atoms with Crippen molar-refractivity contribution >= 4 is 33.2 Å². The van der Waals surface area contributed by atoms with E-state index in [1.165, 1.54) is 23.8 Å². The van der Waals surface area contributed by atoms with Crippen LogP contribution in [0.5, 0.6) is 0 Å². The molecule has 3 aromatic carbocycles. The van der Waals surface area contributed by atoms with E-state index in [4.69, 9.17) is 11.6 Å². The van der Waals surface area contributed by atoms with Gasteiger partial charge in [-0.2, -0.15) is 0 Å². The minimum atomic E-state index is -3.94. The number of hydrogen-bond acceptors (Lipinski definition) is 3. The third kappa shape index (κ3) is 4.13. The second-order valence-electron chi connectivity index (χ2n) is 6.88. The van der Waals surface area contributed by atoms with Crippen molar-refractivity contribution in [1.82, 2.24) is 5.32 Å². The summed E-state index contributed by atoms with van der Waals surface area (Å²) in [5.41, 5.74) is 2.99. The van der Waals surface area contributed by atoms with Crippen LogP contribution in [0.1, 0.15) is 33.9 Å². The van der Waals surface area contributed by atoms with Gasteiger partial charge in [0.25, 0.3) is 15.9 Å². The minimum Gasteiger partial charge on any atom is -0.345 e. The Labute approximate surface area is 174 Å². The fraction of sp³-hybridized carbons (Fsp3) is 0.136. The van der Waals surface area contributed by atoms with E-state index in [1.54, 1.807) is 30.3 Å². The molecule has 0 saturated carbocycles. The first-order valence-corrected chi connectivity index (χ1v) is 11.1. The summed E-state index contributed by atoms with van der Waals surface area (Å²) in [5.74, 6) is -0.334. The number of sulfonamides is 1. The molecule has 4 rings (SSSR count). The van der Waals surface area contributed by atoms with Crippen LogP contribution in [0.25, 0.3) is 0 Å². The Morgan fingerprint density at radius 3 is 2.48 bits per heavy atom. The van der Waals surface area contributed by atoms with Crippen LogP contribution in [0, 0.1) is 0 Å². The molecule has 1 atom stereocenters. The lowest BCUT2D eigenvalue weighted by molar-refractivity contribution is 0.0936. The van der Waals surface area contributed by atoms with Crippen LogP contribution in [-0.2, 0) is 16.4 Å². The van der Waals surface area contributed by atoms with E-state index in [9.17, 15) is 13.2 Å². The number of aryl methyl sites for hydroxylation is 1. The van der Waals surface area contributed by atoms with Crippen molar-refractivity contribution in [1.29, 1.82) is 0 Å². The van der Waals surface area contributed by atoms with Gasteiger partial charge in [-0.05, 0) is 54.3 Å². The molecule has 0 aromatic heterocycles. The van der Waals surface area contributed by atoms with Crippen molar-refractivity contribution in [2.45, 2.75) is 23.8 Å². The maximum absolute atomic E-state index is 12.8. The molecule has 0 saturated heterocycles. The molecule has 7 heteroatoms. The van der Waals surface area contributed by atoms with Gasteiger partial charge in [-0.1, -0.05) is 54.1 Å². The van der Waals surface area contributed by atoms with Crippen LogP contribution < -0.4 is 10.0 Å². The quantitative estimate of drug-likeness (QED) is 0.628. The van der Waals surface area contributed by atoms with Gasteiger partial charge in [-0.15, -0.1) is 0 Å². The predicted molar refractivity (Wildman–Crippen MR) is 114 cm³/mol. The standard InChI is InChI=1S/C22H19ClN2O3S/c23-19-12-10-16(14-21(19)29(27,28)25-17-7-2-1-3-8-17)22(26)24-20-13-11-15-6-4-5-9-18(15)20/h1-10,12,14,20,25H,11,13H2,(H,24,26). The molecule has 1 amide bonds. The van der Waals surface area contributed by atoms with Gasteiger partial charge in [-0.25, -0.2) is 8.42 Å². The number of amides is 1. The van der Waals surface area contributed by atoms with E-state index in [1.807, 2.05) is 18.2 Å². The Bertz CT molecular complexity index is 1160. The summed E-state index contributed by atoms with van der Waals surface area (Å²) in [5, 5.41) is 3.05. The number of anilines is 1. The Morgan fingerprint density at radius 2 is 1.69 bits per heavy atom. The van der Waals surface area contributed by atoms with Crippen LogP contribution in [0.15, 0.2) is 77.7 Å². The molecule has 2 N–H and O–H groups in total. The van der Waals surface area contributed by atoms with Crippen LogP contribution in [0.4, 0.5) is 5.69 Å². The normalized spacial score (nSPS) is 15.6. The number of rotatable bonds is 5. The highest BCUT2D eigenvalue weighted by Gasteiger charge is 2.25. The molecule has 1 unspecified atom stereocenters. The Hall–Kier alpha value is -2.83. The average molecular weight is 427 g/mol. The summed E-state index contributed by atoms with van der Waals surface area (Å²) < 4.78 is 28.0. The van der Waals surface area contributed by atoms with Crippen LogP contribution in [0.3, 0.4) is 0 Å². The number of benzene rings is 3. The second-order valence-corrected chi connectivity index (χ2v) is 8.94. The first kappa shape index (κ1) is 19.5. The third-order valence-electron chi connectivity index (χ3n) is 4.95. The first-order valence-electron chi connectivity index (χ1n) is 9.20. The largest absolute Gasteiger partial charge is 0.345 e. The number of halogens is 1. The van der Waals surface area contributed by atoms with Gasteiger partial charge in [0, 0.05) is 11.3 Å². The topological polar surface area (TPSA) is 75.3 Å². The highest BCUT2D eigenvalue weighted by molar-refractivity contribution is 7.92. The summed E-state index contributed by atoms with van der Waals surface area (Å²) in [7, 11) is -3.94. The molecule has 29 heavy (non-hydrogen) atoms. The maximum atomic E-state index is 12.8. The lowest BCUT2D eigenvalue weighted by atomic mass is 10.1. The SMILES string of the molecule is O=C(NC1CCc2ccccc21)c1ccc(Cl)c(S(=O)(=O)Nc2ccccc2)c1. The zero-order chi connectivity index (χ0) is 20.4. The summed E-state index contributed by atoms with van der Waals surface area (Å²) in [4.78, 5) is 12.7. The van der Waals surface area contributed by atoms with Crippen molar-refractivity contribution < 1.29 is 13.2 Å². The lowest BCUT2D eigenvalue weighted by Crippen LogP contribution is -2.27. The number of nitrogens with one attached hydrogen (secondary N) is 2. The van der Waals surface area contributed by atoms with Gasteiger partial charge in [0.15, 0.2) is 0 Å². The van der Waals surface area contributed by atoms with Gasteiger partial charge in [0.1, 0.15) is 4.90 Å². The van der Waals surface area contributed by atoms with Crippen molar-refractivity contribution in [3.8, 4) is 0 Å². The number of hydrogen-bond donors (Lipinski definition) is 2. The van der Waals surface area contributed by atoms with E-state index in [2.05, 4.69) is 16.1 Å². The summed E-state index contributed by atoms with van der Waals surface area (Å²) in [6, 6.07) is 20.7. The molecule has 1 aliphatic rings. The Balaban J connectivity index is 1.57. The molecular weight excluding hydrogens is 408 g/mol. The van der Waals surface area contributed by atoms with Crippen molar-refractivity contribution in [3.63, 3.8) is 0 Å². The zero-order valence-electron chi connectivity index (χ0n) is 15.4. The molecule has 1 aliphatic carbocycles. The van der Waals surface area contributed by atoms with Gasteiger partial charge in [0.05, 0.1) is 11.1 Å². The van der Waals surface area contributed by atoms with Gasteiger partial charge in [0.2, 0.25) is 0 Å². The first-order chi connectivity index (χ1) is 13.9. The van der Waals surface area contributed by atoms with E-state index < -0.39 is 10.0 Å². The molecule has 0 spiro atoms. The summed E-state index contributed by atoms with van der Waals surface area (Å²) >= 11 is 6.14. The molecule has 3 aromatic rings.